The van der Waals surface area contributed by atoms with Crippen LogP contribution in [0.1, 0.15) is 42.1 Å². The van der Waals surface area contributed by atoms with E-state index >= 15 is 0 Å². The lowest BCUT2D eigenvalue weighted by Crippen LogP contribution is -2.32. The van der Waals surface area contributed by atoms with Crippen LogP contribution in [0.2, 0.25) is 0 Å². The second-order valence-corrected chi connectivity index (χ2v) is 3.92. The Morgan fingerprint density at radius 3 is 2.71 bits per heavy atom. The van der Waals surface area contributed by atoms with Gasteiger partial charge >= 0.3 is 0 Å². The molecule has 0 radical (unpaired) electrons. The van der Waals surface area contributed by atoms with Crippen molar-refractivity contribution in [2.24, 2.45) is 0 Å². The Balaban J connectivity index is 2.44. The van der Waals surface area contributed by atoms with E-state index in [1.807, 2.05) is 6.92 Å². The Morgan fingerprint density at radius 1 is 1.29 bits per heavy atom. The van der Waals surface area contributed by atoms with Gasteiger partial charge in [0.2, 0.25) is 0 Å². The van der Waals surface area contributed by atoms with Gasteiger partial charge in [0, 0.05) is 13.1 Å². The Morgan fingerprint density at radius 2 is 2.06 bits per heavy atom. The number of carbonyl (C=O) groups excluding carboxylic acids is 1. The fraction of sp³-hybridized carbons (Fsp3) is 0.667. The smallest absolute Gasteiger partial charge is 0.256 e. The van der Waals surface area contributed by atoms with Crippen molar-refractivity contribution in [3.8, 4) is 0 Å². The van der Waals surface area contributed by atoms with E-state index in [2.05, 4.69) is 22.7 Å². The van der Waals surface area contributed by atoms with Gasteiger partial charge in [-0.05, 0) is 26.3 Å². The Bertz CT molecular complexity index is 361. The predicted octanol–water partition coefficient (Wildman–Crippen LogP) is 1.27. The molecular weight excluding hydrogens is 218 g/mol. The van der Waals surface area contributed by atoms with E-state index in [4.69, 9.17) is 4.52 Å². The molecule has 0 unspecified atom stereocenters. The summed E-state index contributed by atoms with van der Waals surface area (Å²) in [5.41, 5.74) is 1.31. The normalized spacial score (nSPS) is 10.5. The summed E-state index contributed by atoms with van der Waals surface area (Å²) >= 11 is 0. The van der Waals surface area contributed by atoms with Crippen LogP contribution in [-0.4, -0.2) is 30.7 Å². The van der Waals surface area contributed by atoms with Crippen LogP contribution >= 0.6 is 0 Å². The number of amides is 1. The largest absolute Gasteiger partial charge is 0.361 e. The number of hydrogen-bond donors (Lipinski definition) is 2. The van der Waals surface area contributed by atoms with Gasteiger partial charge in [0.05, 0.1) is 5.69 Å². The SMILES string of the molecule is CCCNCCNC(=O)c1c(CC)noc1C. The molecular formula is C12H21N3O2. The van der Waals surface area contributed by atoms with Crippen LogP contribution < -0.4 is 10.6 Å². The summed E-state index contributed by atoms with van der Waals surface area (Å²) in [6.07, 6.45) is 1.80. The zero-order valence-electron chi connectivity index (χ0n) is 10.8. The van der Waals surface area contributed by atoms with Crippen molar-refractivity contribution in [2.45, 2.75) is 33.6 Å². The van der Waals surface area contributed by atoms with E-state index in [1.165, 1.54) is 0 Å². The maximum absolute atomic E-state index is 11.9. The molecule has 1 amide bonds. The van der Waals surface area contributed by atoms with Crippen molar-refractivity contribution < 1.29 is 9.32 Å². The summed E-state index contributed by atoms with van der Waals surface area (Å²) in [6, 6.07) is 0. The highest BCUT2D eigenvalue weighted by Gasteiger charge is 2.18. The summed E-state index contributed by atoms with van der Waals surface area (Å²) in [5, 5.41) is 9.94. The summed E-state index contributed by atoms with van der Waals surface area (Å²) in [4.78, 5) is 11.9. The molecule has 5 nitrogen and oxygen atoms in total. The van der Waals surface area contributed by atoms with E-state index in [-0.39, 0.29) is 5.91 Å². The minimum atomic E-state index is -0.0982. The zero-order valence-corrected chi connectivity index (χ0v) is 10.8. The highest BCUT2D eigenvalue weighted by Crippen LogP contribution is 2.13. The van der Waals surface area contributed by atoms with Gasteiger partial charge in [0.15, 0.2) is 0 Å². The van der Waals surface area contributed by atoms with E-state index in [0.717, 1.165) is 25.2 Å². The Hall–Kier alpha value is -1.36. The van der Waals surface area contributed by atoms with Crippen molar-refractivity contribution in [1.29, 1.82) is 0 Å². The van der Waals surface area contributed by atoms with Gasteiger partial charge in [0.1, 0.15) is 11.3 Å². The third-order valence-electron chi connectivity index (χ3n) is 2.51. The van der Waals surface area contributed by atoms with Crippen molar-refractivity contribution >= 4 is 5.91 Å². The van der Waals surface area contributed by atoms with Crippen LogP contribution in [0.5, 0.6) is 0 Å². The number of aryl methyl sites for hydroxylation is 2. The van der Waals surface area contributed by atoms with Crippen LogP contribution in [0.25, 0.3) is 0 Å². The molecule has 0 aliphatic heterocycles. The highest BCUT2D eigenvalue weighted by atomic mass is 16.5. The molecule has 1 aromatic rings. The maximum Gasteiger partial charge on any atom is 0.256 e. The van der Waals surface area contributed by atoms with Gasteiger partial charge in [-0.1, -0.05) is 19.0 Å². The van der Waals surface area contributed by atoms with Gasteiger partial charge in [-0.2, -0.15) is 0 Å². The number of carbonyl (C=O) groups is 1. The fourth-order valence-electron chi connectivity index (χ4n) is 1.60. The van der Waals surface area contributed by atoms with Crippen LogP contribution in [0.4, 0.5) is 0 Å². The molecule has 0 fully saturated rings. The molecule has 0 atom stereocenters. The molecule has 1 heterocycles. The zero-order chi connectivity index (χ0) is 12.7. The lowest BCUT2D eigenvalue weighted by molar-refractivity contribution is 0.0951. The number of hydrogen-bond acceptors (Lipinski definition) is 4. The molecule has 0 aromatic carbocycles. The summed E-state index contributed by atoms with van der Waals surface area (Å²) < 4.78 is 5.03. The molecule has 96 valence electrons. The molecule has 0 saturated carbocycles. The molecule has 2 N–H and O–H groups in total. The molecule has 17 heavy (non-hydrogen) atoms. The first kappa shape index (κ1) is 13.7. The van der Waals surface area contributed by atoms with Gasteiger partial charge < -0.3 is 15.2 Å². The molecule has 5 heteroatoms. The lowest BCUT2D eigenvalue weighted by Gasteiger charge is -2.05. The first-order valence-corrected chi connectivity index (χ1v) is 6.14. The molecule has 0 bridgehead atoms. The van der Waals surface area contributed by atoms with Crippen LogP contribution in [0.15, 0.2) is 4.52 Å². The fourth-order valence-corrected chi connectivity index (χ4v) is 1.60. The van der Waals surface area contributed by atoms with Crippen LogP contribution in [0, 0.1) is 6.92 Å². The Labute approximate surface area is 102 Å². The molecule has 1 rings (SSSR count). The van der Waals surface area contributed by atoms with Crippen molar-refractivity contribution in [1.82, 2.24) is 15.8 Å². The second kappa shape index (κ2) is 7.06. The number of nitrogens with one attached hydrogen (secondary N) is 2. The molecule has 0 aliphatic carbocycles. The van der Waals surface area contributed by atoms with Gasteiger partial charge in [-0.3, -0.25) is 4.79 Å². The van der Waals surface area contributed by atoms with Crippen LogP contribution in [-0.2, 0) is 6.42 Å². The summed E-state index contributed by atoms with van der Waals surface area (Å²) in [7, 11) is 0. The Kier molecular flexibility index (Phi) is 5.69. The molecule has 0 saturated heterocycles. The van der Waals surface area contributed by atoms with Gasteiger partial charge in [-0.25, -0.2) is 0 Å². The first-order valence-electron chi connectivity index (χ1n) is 6.14. The molecule has 0 aliphatic rings. The van der Waals surface area contributed by atoms with E-state index in [1.54, 1.807) is 6.92 Å². The highest BCUT2D eigenvalue weighted by molar-refractivity contribution is 5.96. The minimum absolute atomic E-state index is 0.0982. The topological polar surface area (TPSA) is 67.2 Å². The quantitative estimate of drug-likeness (QED) is 0.703. The number of nitrogens with zero attached hydrogens (tertiary/aromatic N) is 1. The molecule has 0 spiro atoms. The first-order chi connectivity index (χ1) is 8.20. The maximum atomic E-state index is 11.9. The third-order valence-corrected chi connectivity index (χ3v) is 2.51. The van der Waals surface area contributed by atoms with Crippen molar-refractivity contribution in [2.75, 3.05) is 19.6 Å². The van der Waals surface area contributed by atoms with Crippen LogP contribution in [0.3, 0.4) is 0 Å². The van der Waals surface area contributed by atoms with Crippen molar-refractivity contribution in [3.05, 3.63) is 17.0 Å². The van der Waals surface area contributed by atoms with E-state index < -0.39 is 0 Å². The van der Waals surface area contributed by atoms with Gasteiger partial charge in [0.25, 0.3) is 5.91 Å². The predicted molar refractivity (Wildman–Crippen MR) is 66.1 cm³/mol. The van der Waals surface area contributed by atoms with Gasteiger partial charge in [-0.15, -0.1) is 0 Å². The monoisotopic (exact) mass is 239 g/mol. The average Bonchev–Trinajstić information content (AvgIpc) is 2.70. The average molecular weight is 239 g/mol. The number of aromatic nitrogens is 1. The van der Waals surface area contributed by atoms with Crippen molar-refractivity contribution in [3.63, 3.8) is 0 Å². The standard InChI is InChI=1S/C12H21N3O2/c1-4-6-13-7-8-14-12(16)11-9(3)17-15-10(11)5-2/h13H,4-8H2,1-3H3,(H,14,16). The number of rotatable bonds is 7. The van der Waals surface area contributed by atoms with E-state index in [9.17, 15) is 4.79 Å². The second-order valence-electron chi connectivity index (χ2n) is 3.92. The lowest BCUT2D eigenvalue weighted by atomic mass is 10.1. The summed E-state index contributed by atoms with van der Waals surface area (Å²) in [6.45, 7) is 8.20. The molecule has 1 aromatic heterocycles. The summed E-state index contributed by atoms with van der Waals surface area (Å²) in [5.74, 6) is 0.486. The third kappa shape index (κ3) is 3.85. The minimum Gasteiger partial charge on any atom is -0.361 e. The van der Waals surface area contributed by atoms with E-state index in [0.29, 0.717) is 24.3 Å².